The van der Waals surface area contributed by atoms with Crippen molar-refractivity contribution in [2.45, 2.75) is 10.7 Å². The average Bonchev–Trinajstić information content (AvgIpc) is 2.61. The molecule has 8 heteroatoms. The van der Waals surface area contributed by atoms with E-state index in [1.54, 1.807) is 24.3 Å². The SMILES string of the molecule is CNC(=O)c1ccccc1OCC(=O)Nc1ccc(SC(F)F)cc1. The zero-order valence-corrected chi connectivity index (χ0v) is 14.1. The summed E-state index contributed by atoms with van der Waals surface area (Å²) < 4.78 is 29.9. The molecule has 0 fully saturated rings. The Hall–Kier alpha value is -2.61. The molecule has 0 aromatic heterocycles. The highest BCUT2D eigenvalue weighted by atomic mass is 32.2. The summed E-state index contributed by atoms with van der Waals surface area (Å²) in [5.74, 6) is -2.95. The van der Waals surface area contributed by atoms with Gasteiger partial charge >= 0.3 is 0 Å². The van der Waals surface area contributed by atoms with E-state index in [1.165, 1.54) is 31.3 Å². The van der Waals surface area contributed by atoms with Gasteiger partial charge in [-0.1, -0.05) is 23.9 Å². The number of rotatable bonds is 7. The molecule has 0 aliphatic heterocycles. The fourth-order valence-corrected chi connectivity index (χ4v) is 2.47. The number of hydrogen-bond acceptors (Lipinski definition) is 4. The van der Waals surface area contributed by atoms with Crippen LogP contribution in [0.1, 0.15) is 10.4 Å². The highest BCUT2D eigenvalue weighted by molar-refractivity contribution is 7.99. The molecule has 2 rings (SSSR count). The topological polar surface area (TPSA) is 67.4 Å². The van der Waals surface area contributed by atoms with E-state index in [2.05, 4.69) is 10.6 Å². The molecular weight excluding hydrogens is 350 g/mol. The normalized spacial score (nSPS) is 10.4. The van der Waals surface area contributed by atoms with Crippen molar-refractivity contribution < 1.29 is 23.1 Å². The van der Waals surface area contributed by atoms with Crippen LogP contribution < -0.4 is 15.4 Å². The Bertz CT molecular complexity index is 739. The van der Waals surface area contributed by atoms with Crippen LogP contribution in [-0.4, -0.2) is 31.2 Å². The van der Waals surface area contributed by atoms with E-state index in [4.69, 9.17) is 4.74 Å². The third-order valence-corrected chi connectivity index (χ3v) is 3.80. The Balaban J connectivity index is 1.92. The molecule has 0 spiro atoms. The minimum absolute atomic E-state index is 0.290. The Kier molecular flexibility index (Phi) is 6.76. The molecule has 2 aromatic rings. The molecule has 0 aliphatic rings. The predicted octanol–water partition coefficient (Wildman–Crippen LogP) is 3.38. The molecular formula is C17H16F2N2O3S. The summed E-state index contributed by atoms with van der Waals surface area (Å²) in [4.78, 5) is 24.1. The fourth-order valence-electron chi connectivity index (χ4n) is 1.97. The highest BCUT2D eigenvalue weighted by Crippen LogP contribution is 2.26. The molecule has 0 saturated carbocycles. The molecule has 2 aromatic carbocycles. The van der Waals surface area contributed by atoms with Crippen LogP contribution in [0.3, 0.4) is 0 Å². The number of halogens is 2. The van der Waals surface area contributed by atoms with Gasteiger partial charge in [0, 0.05) is 17.6 Å². The number of amides is 2. The van der Waals surface area contributed by atoms with Crippen molar-refractivity contribution in [2.24, 2.45) is 0 Å². The fraction of sp³-hybridized carbons (Fsp3) is 0.176. The van der Waals surface area contributed by atoms with Crippen molar-refractivity contribution in [3.63, 3.8) is 0 Å². The summed E-state index contributed by atoms with van der Waals surface area (Å²) in [5.41, 5.74) is 0.790. The number of carbonyl (C=O) groups is 2. The molecule has 0 unspecified atom stereocenters. The Morgan fingerprint density at radius 2 is 1.80 bits per heavy atom. The van der Waals surface area contributed by atoms with Crippen molar-refractivity contribution in [3.8, 4) is 5.75 Å². The highest BCUT2D eigenvalue weighted by Gasteiger charge is 2.12. The van der Waals surface area contributed by atoms with Gasteiger partial charge in [0.2, 0.25) is 0 Å². The molecule has 5 nitrogen and oxygen atoms in total. The third kappa shape index (κ3) is 5.75. The summed E-state index contributed by atoms with van der Waals surface area (Å²) in [7, 11) is 1.50. The number of alkyl halides is 2. The van der Waals surface area contributed by atoms with Crippen molar-refractivity contribution in [1.29, 1.82) is 0 Å². The van der Waals surface area contributed by atoms with Crippen molar-refractivity contribution in [2.75, 3.05) is 19.0 Å². The second kappa shape index (κ2) is 9.03. The van der Waals surface area contributed by atoms with Gasteiger partial charge in [-0.2, -0.15) is 8.78 Å². The number of benzene rings is 2. The van der Waals surface area contributed by atoms with Gasteiger partial charge in [0.15, 0.2) is 6.61 Å². The largest absolute Gasteiger partial charge is 0.483 e. The molecule has 2 N–H and O–H groups in total. The predicted molar refractivity (Wildman–Crippen MR) is 92.3 cm³/mol. The maximum Gasteiger partial charge on any atom is 0.288 e. The second-order valence-corrected chi connectivity index (χ2v) is 5.88. The number of para-hydroxylation sites is 1. The van der Waals surface area contributed by atoms with Crippen LogP contribution >= 0.6 is 11.8 Å². The summed E-state index contributed by atoms with van der Waals surface area (Å²) in [5, 5.41) is 5.09. The van der Waals surface area contributed by atoms with E-state index in [-0.39, 0.29) is 12.5 Å². The molecule has 0 bridgehead atoms. The Morgan fingerprint density at radius 1 is 1.12 bits per heavy atom. The van der Waals surface area contributed by atoms with Crippen LogP contribution in [0.15, 0.2) is 53.4 Å². The van der Waals surface area contributed by atoms with Crippen LogP contribution in [0.4, 0.5) is 14.5 Å². The van der Waals surface area contributed by atoms with Gasteiger partial charge in [-0.05, 0) is 36.4 Å². The molecule has 0 aliphatic carbocycles. The minimum Gasteiger partial charge on any atom is -0.483 e. The van der Waals surface area contributed by atoms with E-state index < -0.39 is 11.7 Å². The lowest BCUT2D eigenvalue weighted by atomic mass is 10.2. The lowest BCUT2D eigenvalue weighted by molar-refractivity contribution is -0.118. The average molecular weight is 366 g/mol. The van der Waals surface area contributed by atoms with Crippen LogP contribution in [0.25, 0.3) is 0 Å². The zero-order chi connectivity index (χ0) is 18.2. The lowest BCUT2D eigenvalue weighted by Crippen LogP contribution is -2.22. The van der Waals surface area contributed by atoms with E-state index in [9.17, 15) is 18.4 Å². The number of hydrogen-bond donors (Lipinski definition) is 2. The van der Waals surface area contributed by atoms with Gasteiger partial charge in [-0.15, -0.1) is 0 Å². The maximum atomic E-state index is 12.3. The first-order valence-corrected chi connectivity index (χ1v) is 8.16. The van der Waals surface area contributed by atoms with Gasteiger partial charge in [-0.25, -0.2) is 0 Å². The number of anilines is 1. The van der Waals surface area contributed by atoms with E-state index >= 15 is 0 Å². The first-order valence-electron chi connectivity index (χ1n) is 7.28. The van der Waals surface area contributed by atoms with Gasteiger partial charge in [0.25, 0.3) is 17.6 Å². The van der Waals surface area contributed by atoms with Crippen LogP contribution in [0, 0.1) is 0 Å². The zero-order valence-electron chi connectivity index (χ0n) is 13.3. The number of ether oxygens (including phenoxy) is 1. The van der Waals surface area contributed by atoms with E-state index in [0.29, 0.717) is 33.7 Å². The molecule has 0 atom stereocenters. The first kappa shape index (κ1) is 18.7. The summed E-state index contributed by atoms with van der Waals surface area (Å²) in [6.07, 6.45) is 0. The van der Waals surface area contributed by atoms with Crippen molar-refractivity contribution in [3.05, 3.63) is 54.1 Å². The first-order chi connectivity index (χ1) is 12.0. The monoisotopic (exact) mass is 366 g/mol. The number of carbonyl (C=O) groups excluding carboxylic acids is 2. The third-order valence-electron chi connectivity index (χ3n) is 3.08. The number of thioether (sulfide) groups is 1. The van der Waals surface area contributed by atoms with Gasteiger partial charge in [-0.3, -0.25) is 9.59 Å². The van der Waals surface area contributed by atoms with Gasteiger partial charge < -0.3 is 15.4 Å². The van der Waals surface area contributed by atoms with Gasteiger partial charge in [0.1, 0.15) is 5.75 Å². The lowest BCUT2D eigenvalue weighted by Gasteiger charge is -2.11. The standard InChI is InChI=1S/C17H16F2N2O3S/c1-20-16(23)13-4-2-3-5-14(13)24-10-15(22)21-11-6-8-12(9-7-11)25-17(18)19/h2-9,17H,10H2,1H3,(H,20,23)(H,21,22). The number of nitrogens with one attached hydrogen (secondary N) is 2. The quantitative estimate of drug-likeness (QED) is 0.737. The van der Waals surface area contributed by atoms with Gasteiger partial charge in [0.05, 0.1) is 5.56 Å². The summed E-state index contributed by atoms with van der Waals surface area (Å²) in [6, 6.07) is 12.6. The second-order valence-electron chi connectivity index (χ2n) is 4.82. The molecule has 0 radical (unpaired) electrons. The maximum absolute atomic E-state index is 12.3. The molecule has 132 valence electrons. The summed E-state index contributed by atoms with van der Waals surface area (Å²) in [6.45, 7) is -0.290. The van der Waals surface area contributed by atoms with Crippen molar-refractivity contribution in [1.82, 2.24) is 5.32 Å². The molecule has 2 amide bonds. The molecule has 25 heavy (non-hydrogen) atoms. The molecule has 0 heterocycles. The van der Waals surface area contributed by atoms with Crippen LogP contribution in [0.5, 0.6) is 5.75 Å². The summed E-state index contributed by atoms with van der Waals surface area (Å²) >= 11 is 0.431. The minimum atomic E-state index is -2.49. The molecule has 0 saturated heterocycles. The van der Waals surface area contributed by atoms with Crippen LogP contribution in [-0.2, 0) is 4.79 Å². The smallest absolute Gasteiger partial charge is 0.288 e. The van der Waals surface area contributed by atoms with Crippen molar-refractivity contribution >= 4 is 29.3 Å². The Morgan fingerprint density at radius 3 is 2.44 bits per heavy atom. The van der Waals surface area contributed by atoms with E-state index in [1.807, 2.05) is 0 Å². The van der Waals surface area contributed by atoms with Crippen LogP contribution in [0.2, 0.25) is 0 Å². The Labute approximate surface area is 147 Å². The van der Waals surface area contributed by atoms with E-state index in [0.717, 1.165) is 0 Å².